The highest BCUT2D eigenvalue weighted by Gasteiger charge is 2.35. The molecule has 1 heterocycles. The van der Waals surface area contributed by atoms with Crippen LogP contribution in [-0.4, -0.2) is 27.6 Å². The number of ether oxygens (including phenoxy) is 2. The van der Waals surface area contributed by atoms with Gasteiger partial charge in [-0.05, 0) is 65.7 Å². The van der Waals surface area contributed by atoms with Gasteiger partial charge in [0.25, 0.3) is 16.8 Å². The molecule has 0 bridgehead atoms. The SMILES string of the molecule is CCOc1cc(/C=C2/SC(=O)N(Cc3ccccc3)C2=O)ccc1OCc1ccc([N+](=O)[O-])cc1. The molecule has 0 unspecified atom stereocenters. The third-order valence-electron chi connectivity index (χ3n) is 5.16. The molecule has 0 N–H and O–H groups in total. The summed E-state index contributed by atoms with van der Waals surface area (Å²) in [5, 5.41) is 10.5. The lowest BCUT2D eigenvalue weighted by Gasteiger charge is -2.13. The summed E-state index contributed by atoms with van der Waals surface area (Å²) in [5.74, 6) is 0.659. The number of carbonyl (C=O) groups excluding carboxylic acids is 2. The van der Waals surface area contributed by atoms with Gasteiger partial charge in [0.15, 0.2) is 11.5 Å². The van der Waals surface area contributed by atoms with E-state index in [0.717, 1.165) is 22.9 Å². The number of rotatable bonds is 9. The smallest absolute Gasteiger partial charge is 0.293 e. The van der Waals surface area contributed by atoms with Crippen molar-refractivity contribution in [2.24, 2.45) is 0 Å². The second kappa shape index (κ2) is 10.9. The first kappa shape index (κ1) is 24.0. The van der Waals surface area contributed by atoms with Crippen molar-refractivity contribution in [3.05, 3.63) is 105 Å². The minimum atomic E-state index is -0.451. The Kier molecular flexibility index (Phi) is 7.47. The van der Waals surface area contributed by atoms with Crippen LogP contribution >= 0.6 is 11.8 Å². The maximum Gasteiger partial charge on any atom is 0.293 e. The van der Waals surface area contributed by atoms with Crippen molar-refractivity contribution in [1.29, 1.82) is 0 Å². The first-order valence-electron chi connectivity index (χ1n) is 10.9. The van der Waals surface area contributed by atoms with E-state index in [1.54, 1.807) is 36.4 Å². The fourth-order valence-electron chi connectivity index (χ4n) is 3.43. The van der Waals surface area contributed by atoms with Crippen LogP contribution in [0.25, 0.3) is 6.08 Å². The van der Waals surface area contributed by atoms with Crippen LogP contribution in [0.1, 0.15) is 23.6 Å². The zero-order chi connectivity index (χ0) is 24.8. The van der Waals surface area contributed by atoms with Gasteiger partial charge in [0, 0.05) is 12.1 Å². The molecule has 1 saturated heterocycles. The number of thioether (sulfide) groups is 1. The van der Waals surface area contributed by atoms with Crippen molar-refractivity contribution in [3.63, 3.8) is 0 Å². The molecule has 0 saturated carbocycles. The van der Waals surface area contributed by atoms with E-state index in [2.05, 4.69) is 0 Å². The average molecular weight is 491 g/mol. The molecule has 2 amide bonds. The molecule has 4 rings (SSSR count). The number of nitro groups is 1. The topological polar surface area (TPSA) is 99.0 Å². The van der Waals surface area contributed by atoms with Gasteiger partial charge in [-0.2, -0.15) is 0 Å². The minimum Gasteiger partial charge on any atom is -0.490 e. The van der Waals surface area contributed by atoms with Crippen molar-refractivity contribution in [3.8, 4) is 11.5 Å². The van der Waals surface area contributed by atoms with Crippen molar-refractivity contribution < 1.29 is 24.0 Å². The van der Waals surface area contributed by atoms with Crippen LogP contribution in [-0.2, 0) is 17.9 Å². The molecule has 1 aliphatic heterocycles. The first-order valence-corrected chi connectivity index (χ1v) is 11.7. The van der Waals surface area contributed by atoms with Crippen molar-refractivity contribution in [1.82, 2.24) is 4.90 Å². The summed E-state index contributed by atoms with van der Waals surface area (Å²) in [4.78, 5) is 37.2. The molecule has 0 spiro atoms. The van der Waals surface area contributed by atoms with E-state index in [-0.39, 0.29) is 30.0 Å². The summed E-state index contributed by atoms with van der Waals surface area (Å²) in [6.45, 7) is 2.69. The number of amides is 2. The van der Waals surface area contributed by atoms with Gasteiger partial charge in [0.05, 0.1) is 23.0 Å². The Morgan fingerprint density at radius 3 is 2.37 bits per heavy atom. The number of non-ortho nitro benzene ring substituents is 1. The van der Waals surface area contributed by atoms with E-state index in [0.29, 0.717) is 28.6 Å². The third-order valence-corrected chi connectivity index (χ3v) is 6.07. The van der Waals surface area contributed by atoms with Crippen LogP contribution < -0.4 is 9.47 Å². The first-order chi connectivity index (χ1) is 16.9. The Balaban J connectivity index is 1.48. The number of benzene rings is 3. The highest BCUT2D eigenvalue weighted by atomic mass is 32.2. The molecule has 9 heteroatoms. The van der Waals surface area contributed by atoms with Gasteiger partial charge in [0.1, 0.15) is 6.61 Å². The molecule has 0 radical (unpaired) electrons. The Bertz CT molecular complexity index is 1270. The second-order valence-electron chi connectivity index (χ2n) is 7.60. The normalized spacial score (nSPS) is 14.4. The Hall–Kier alpha value is -4.11. The summed E-state index contributed by atoms with van der Waals surface area (Å²) in [6.07, 6.45) is 1.67. The number of nitrogens with zero attached hydrogens (tertiary/aromatic N) is 2. The van der Waals surface area contributed by atoms with Crippen LogP contribution in [0.4, 0.5) is 10.5 Å². The average Bonchev–Trinajstić information content (AvgIpc) is 3.12. The molecule has 3 aromatic rings. The molecule has 3 aromatic carbocycles. The van der Waals surface area contributed by atoms with Gasteiger partial charge < -0.3 is 9.47 Å². The third kappa shape index (κ3) is 5.88. The summed E-state index contributed by atoms with van der Waals surface area (Å²) in [5.41, 5.74) is 2.36. The van der Waals surface area contributed by atoms with E-state index in [1.165, 1.54) is 17.0 Å². The fourth-order valence-corrected chi connectivity index (χ4v) is 4.27. The highest BCUT2D eigenvalue weighted by Crippen LogP contribution is 2.35. The lowest BCUT2D eigenvalue weighted by atomic mass is 10.1. The lowest BCUT2D eigenvalue weighted by Crippen LogP contribution is -2.27. The maximum absolute atomic E-state index is 12.8. The Labute approximate surface area is 206 Å². The molecular formula is C26H22N2O6S. The zero-order valence-corrected chi connectivity index (χ0v) is 19.7. The van der Waals surface area contributed by atoms with Crippen LogP contribution in [0.15, 0.2) is 77.7 Å². The molecule has 1 aliphatic rings. The summed E-state index contributed by atoms with van der Waals surface area (Å²) >= 11 is 0.908. The van der Waals surface area contributed by atoms with Gasteiger partial charge in [-0.1, -0.05) is 36.4 Å². The zero-order valence-electron chi connectivity index (χ0n) is 18.9. The van der Waals surface area contributed by atoms with E-state index < -0.39 is 4.92 Å². The van der Waals surface area contributed by atoms with Crippen LogP contribution in [0.3, 0.4) is 0 Å². The van der Waals surface area contributed by atoms with Gasteiger partial charge in [-0.3, -0.25) is 24.6 Å². The standard InChI is InChI=1S/C26H22N2O6S/c1-2-33-23-14-20(10-13-22(23)34-17-19-8-11-21(12-9-19)28(31)32)15-24-25(29)27(26(30)35-24)16-18-6-4-3-5-7-18/h3-15H,2,16-17H2,1H3/b24-15+. The lowest BCUT2D eigenvalue weighted by molar-refractivity contribution is -0.384. The molecule has 0 aliphatic carbocycles. The molecule has 35 heavy (non-hydrogen) atoms. The number of nitro benzene ring substituents is 1. The molecule has 8 nitrogen and oxygen atoms in total. The number of carbonyl (C=O) groups is 2. The maximum atomic E-state index is 12.8. The van der Waals surface area contributed by atoms with Crippen LogP contribution in [0.2, 0.25) is 0 Å². The van der Waals surface area contributed by atoms with E-state index >= 15 is 0 Å². The second-order valence-corrected chi connectivity index (χ2v) is 8.60. The molecule has 1 fully saturated rings. The fraction of sp³-hybridized carbons (Fsp3) is 0.154. The quantitative estimate of drug-likeness (QED) is 0.212. The Morgan fingerprint density at radius 2 is 1.69 bits per heavy atom. The number of imide groups is 1. The van der Waals surface area contributed by atoms with Crippen LogP contribution in [0, 0.1) is 10.1 Å². The summed E-state index contributed by atoms with van der Waals surface area (Å²) < 4.78 is 11.6. The molecule has 178 valence electrons. The van der Waals surface area contributed by atoms with Crippen LogP contribution in [0.5, 0.6) is 11.5 Å². The predicted octanol–water partition coefficient (Wildman–Crippen LogP) is 5.81. The van der Waals surface area contributed by atoms with Gasteiger partial charge in [-0.15, -0.1) is 0 Å². The summed E-state index contributed by atoms with van der Waals surface area (Å²) in [7, 11) is 0. The molecule has 0 aromatic heterocycles. The van der Waals surface area contributed by atoms with E-state index in [4.69, 9.17) is 9.47 Å². The molecule has 0 atom stereocenters. The van der Waals surface area contributed by atoms with Crippen molar-refractivity contribution in [2.45, 2.75) is 20.1 Å². The number of hydrogen-bond donors (Lipinski definition) is 0. The monoisotopic (exact) mass is 490 g/mol. The largest absolute Gasteiger partial charge is 0.490 e. The van der Waals surface area contributed by atoms with Crippen molar-refractivity contribution in [2.75, 3.05) is 6.61 Å². The Morgan fingerprint density at radius 1 is 0.943 bits per heavy atom. The van der Waals surface area contributed by atoms with Gasteiger partial charge >= 0.3 is 0 Å². The predicted molar refractivity (Wildman–Crippen MR) is 133 cm³/mol. The van der Waals surface area contributed by atoms with E-state index in [9.17, 15) is 19.7 Å². The van der Waals surface area contributed by atoms with Gasteiger partial charge in [-0.25, -0.2) is 0 Å². The van der Waals surface area contributed by atoms with Gasteiger partial charge in [0.2, 0.25) is 0 Å². The van der Waals surface area contributed by atoms with E-state index in [1.807, 2.05) is 37.3 Å². The molecular weight excluding hydrogens is 468 g/mol. The number of hydrogen-bond acceptors (Lipinski definition) is 7. The summed E-state index contributed by atoms with van der Waals surface area (Å²) in [6, 6.07) is 20.7. The highest BCUT2D eigenvalue weighted by molar-refractivity contribution is 8.18. The minimum absolute atomic E-state index is 0.0151. The van der Waals surface area contributed by atoms with Crippen molar-refractivity contribution >= 4 is 34.7 Å².